The van der Waals surface area contributed by atoms with E-state index in [1.54, 1.807) is 41.7 Å². The summed E-state index contributed by atoms with van der Waals surface area (Å²) < 4.78 is 13.6. The Labute approximate surface area is 220 Å². The van der Waals surface area contributed by atoms with E-state index < -0.39 is 0 Å². The highest BCUT2D eigenvalue weighted by Crippen LogP contribution is 2.38. The van der Waals surface area contributed by atoms with Crippen LogP contribution >= 0.6 is 11.3 Å². The molecule has 37 heavy (non-hydrogen) atoms. The van der Waals surface area contributed by atoms with Crippen LogP contribution in [0.3, 0.4) is 0 Å². The fourth-order valence-corrected chi connectivity index (χ4v) is 5.74. The van der Waals surface area contributed by atoms with Gasteiger partial charge in [-0.25, -0.2) is 4.39 Å². The van der Waals surface area contributed by atoms with Crippen molar-refractivity contribution in [3.63, 3.8) is 0 Å². The van der Waals surface area contributed by atoms with Gasteiger partial charge in [0, 0.05) is 23.5 Å². The predicted molar refractivity (Wildman–Crippen MR) is 146 cm³/mol. The number of fused-ring (bicyclic) bond motifs is 1. The first kappa shape index (κ1) is 24.7. The highest BCUT2D eigenvalue weighted by Gasteiger charge is 2.34. The molecule has 1 aromatic heterocycles. The number of halogens is 1. The fourth-order valence-electron chi connectivity index (χ4n) is 4.84. The van der Waals surface area contributed by atoms with E-state index in [4.69, 9.17) is 0 Å². The Kier molecular flexibility index (Phi) is 7.28. The smallest absolute Gasteiger partial charge is 0.254 e. The zero-order valence-corrected chi connectivity index (χ0v) is 21.2. The summed E-state index contributed by atoms with van der Waals surface area (Å²) in [4.78, 5) is 31.6. The van der Waals surface area contributed by atoms with Gasteiger partial charge in [0.2, 0.25) is 5.91 Å². The summed E-state index contributed by atoms with van der Waals surface area (Å²) in [5.74, 6) is -0.689. The minimum Gasteiger partial charge on any atom is -0.330 e. The number of rotatable bonds is 7. The summed E-state index contributed by atoms with van der Waals surface area (Å²) >= 11 is 1.67. The second-order valence-corrected chi connectivity index (χ2v) is 10.0. The average molecular weight is 511 g/mol. The Hall–Kier alpha value is -4.03. The van der Waals surface area contributed by atoms with Crippen LogP contribution < -0.4 is 0 Å². The van der Waals surface area contributed by atoms with Crippen molar-refractivity contribution in [2.24, 2.45) is 0 Å². The molecule has 5 rings (SSSR count). The van der Waals surface area contributed by atoms with E-state index in [1.165, 1.54) is 21.9 Å². The maximum absolute atomic E-state index is 13.7. The molecule has 3 aromatic carbocycles. The average Bonchev–Trinajstić information content (AvgIpc) is 3.42. The summed E-state index contributed by atoms with van der Waals surface area (Å²) in [5.41, 5.74) is 4.53. The van der Waals surface area contributed by atoms with Gasteiger partial charge in [0.15, 0.2) is 0 Å². The van der Waals surface area contributed by atoms with Crippen molar-refractivity contribution in [3.05, 3.63) is 130 Å². The van der Waals surface area contributed by atoms with E-state index in [0.717, 1.165) is 28.7 Å². The minimum absolute atomic E-state index is 0.0670. The van der Waals surface area contributed by atoms with Gasteiger partial charge in [-0.2, -0.15) is 0 Å². The number of thiophene rings is 1. The highest BCUT2D eigenvalue weighted by atomic mass is 32.1. The maximum atomic E-state index is 13.7. The van der Waals surface area contributed by atoms with Gasteiger partial charge in [0.1, 0.15) is 12.4 Å². The van der Waals surface area contributed by atoms with E-state index >= 15 is 0 Å². The summed E-state index contributed by atoms with van der Waals surface area (Å²) in [6, 6.07) is 25.4. The maximum Gasteiger partial charge on any atom is 0.254 e. The van der Waals surface area contributed by atoms with Crippen LogP contribution in [0.15, 0.2) is 103 Å². The van der Waals surface area contributed by atoms with E-state index in [1.807, 2.05) is 58.8 Å². The van der Waals surface area contributed by atoms with Gasteiger partial charge in [-0.3, -0.25) is 9.59 Å². The third kappa shape index (κ3) is 5.25. The molecular weight excluding hydrogens is 483 g/mol. The van der Waals surface area contributed by atoms with Crippen LogP contribution in [-0.2, 0) is 11.2 Å². The minimum atomic E-state index is -0.316. The lowest BCUT2D eigenvalue weighted by Crippen LogP contribution is -2.46. The molecule has 1 atom stereocenters. The fraction of sp³-hybridized carbons (Fsp3) is 0.161. The lowest BCUT2D eigenvalue weighted by Gasteiger charge is -2.37. The molecule has 2 amide bonds. The van der Waals surface area contributed by atoms with E-state index in [9.17, 15) is 14.0 Å². The molecule has 0 saturated heterocycles. The van der Waals surface area contributed by atoms with Crippen molar-refractivity contribution < 1.29 is 14.0 Å². The molecule has 0 saturated carbocycles. The second kappa shape index (κ2) is 10.9. The summed E-state index contributed by atoms with van der Waals surface area (Å²) in [6.45, 7) is 4.52. The van der Waals surface area contributed by atoms with Crippen molar-refractivity contribution in [2.45, 2.75) is 12.5 Å². The van der Waals surface area contributed by atoms with Crippen LogP contribution in [0.5, 0.6) is 0 Å². The first-order chi connectivity index (χ1) is 18.0. The first-order valence-electron chi connectivity index (χ1n) is 12.2. The molecule has 1 aliphatic rings. The first-order valence-corrected chi connectivity index (χ1v) is 13.1. The van der Waals surface area contributed by atoms with Gasteiger partial charge < -0.3 is 9.80 Å². The van der Waals surface area contributed by atoms with Gasteiger partial charge in [0.25, 0.3) is 5.91 Å². The molecule has 186 valence electrons. The zero-order valence-electron chi connectivity index (χ0n) is 20.3. The van der Waals surface area contributed by atoms with Crippen LogP contribution in [0.25, 0.3) is 11.1 Å². The summed E-state index contributed by atoms with van der Waals surface area (Å²) in [7, 11) is 0. The van der Waals surface area contributed by atoms with Crippen molar-refractivity contribution in [3.8, 4) is 11.1 Å². The van der Waals surface area contributed by atoms with Crippen LogP contribution in [0, 0.1) is 5.82 Å². The molecule has 0 radical (unpaired) electrons. The second-order valence-electron chi connectivity index (χ2n) is 9.01. The number of hydrogen-bond donors (Lipinski definition) is 0. The highest BCUT2D eigenvalue weighted by molar-refractivity contribution is 7.10. The predicted octanol–water partition coefficient (Wildman–Crippen LogP) is 6.36. The number of hydrogen-bond acceptors (Lipinski definition) is 3. The summed E-state index contributed by atoms with van der Waals surface area (Å²) in [5, 5.41) is 2.03. The molecule has 4 aromatic rings. The largest absolute Gasteiger partial charge is 0.330 e. The van der Waals surface area contributed by atoms with Crippen molar-refractivity contribution in [1.29, 1.82) is 0 Å². The third-order valence-corrected chi connectivity index (χ3v) is 7.67. The molecule has 6 heteroatoms. The van der Waals surface area contributed by atoms with Crippen molar-refractivity contribution in [2.75, 3.05) is 19.6 Å². The van der Waals surface area contributed by atoms with E-state index in [0.29, 0.717) is 12.1 Å². The molecule has 0 bridgehead atoms. The lowest BCUT2D eigenvalue weighted by molar-refractivity contribution is -0.133. The Morgan fingerprint density at radius 2 is 1.68 bits per heavy atom. The standard InChI is InChI=1S/C31H27FN2O2S/c1-2-18-33(31(36)25-10-8-23(9-11-25)22-6-4-3-5-7-22)21-29(35)34-19-16-28-27(17-20-37-28)30(34)24-12-14-26(32)15-13-24/h2-15,17,20,30H,1,16,18-19,21H2/t30-/m1/s1. The van der Waals surface area contributed by atoms with Crippen LogP contribution in [0.2, 0.25) is 0 Å². The van der Waals surface area contributed by atoms with Gasteiger partial charge in [0.05, 0.1) is 6.04 Å². The molecule has 1 aliphatic heterocycles. The van der Waals surface area contributed by atoms with Crippen LogP contribution in [-0.4, -0.2) is 41.2 Å². The van der Waals surface area contributed by atoms with Gasteiger partial charge >= 0.3 is 0 Å². The molecule has 0 unspecified atom stereocenters. The monoisotopic (exact) mass is 510 g/mol. The normalized spacial score (nSPS) is 14.6. The number of nitrogens with zero attached hydrogens (tertiary/aromatic N) is 2. The SMILES string of the molecule is C=CCN(CC(=O)N1CCc2sccc2[C@H]1c1ccc(F)cc1)C(=O)c1ccc(-c2ccccc2)cc1. The zero-order chi connectivity index (χ0) is 25.8. The Morgan fingerprint density at radius 3 is 2.38 bits per heavy atom. The number of amides is 2. The van der Waals surface area contributed by atoms with Crippen LogP contribution in [0.1, 0.15) is 32.4 Å². The van der Waals surface area contributed by atoms with Crippen molar-refractivity contribution in [1.82, 2.24) is 9.80 Å². The molecule has 0 aliphatic carbocycles. The molecule has 0 fully saturated rings. The Balaban J connectivity index is 1.37. The van der Waals surface area contributed by atoms with Gasteiger partial charge in [-0.05, 0) is 64.4 Å². The number of benzene rings is 3. The topological polar surface area (TPSA) is 40.6 Å². The number of carbonyl (C=O) groups is 2. The van der Waals surface area contributed by atoms with Crippen LogP contribution in [0.4, 0.5) is 4.39 Å². The van der Waals surface area contributed by atoms with Gasteiger partial charge in [-0.15, -0.1) is 17.9 Å². The quantitative estimate of drug-likeness (QED) is 0.272. The third-order valence-electron chi connectivity index (χ3n) is 6.67. The molecule has 2 heterocycles. The van der Waals surface area contributed by atoms with Gasteiger partial charge in [-0.1, -0.05) is 60.7 Å². The Morgan fingerprint density at radius 1 is 0.973 bits per heavy atom. The number of carbonyl (C=O) groups excluding carboxylic acids is 2. The molecule has 0 N–H and O–H groups in total. The van der Waals surface area contributed by atoms with Crippen molar-refractivity contribution >= 4 is 23.2 Å². The van der Waals surface area contributed by atoms with E-state index in [-0.39, 0.29) is 36.8 Å². The molecule has 0 spiro atoms. The summed E-state index contributed by atoms with van der Waals surface area (Å²) in [6.07, 6.45) is 2.39. The lowest BCUT2D eigenvalue weighted by atomic mass is 9.93. The van der Waals surface area contributed by atoms with E-state index in [2.05, 4.69) is 6.58 Å². The molecular formula is C31H27FN2O2S. The Bertz CT molecular complexity index is 1400. The molecule has 4 nitrogen and oxygen atoms in total.